The number of hydrogen-bond acceptors (Lipinski definition) is 3. The van der Waals surface area contributed by atoms with Crippen LogP contribution in [-0.2, 0) is 0 Å². The van der Waals surface area contributed by atoms with Gasteiger partial charge in [-0.05, 0) is 71.8 Å². The third-order valence-corrected chi connectivity index (χ3v) is 13.9. The Labute approximate surface area is 398 Å². The summed E-state index contributed by atoms with van der Waals surface area (Å²) in [4.78, 5) is 10.4. The molecule has 69 heavy (non-hydrogen) atoms. The van der Waals surface area contributed by atoms with E-state index < -0.39 is 6.17 Å². The number of nitrogens with zero attached hydrogens (tertiary/aromatic N) is 5. The molecule has 0 aliphatic carbocycles. The van der Waals surface area contributed by atoms with Crippen LogP contribution in [0.2, 0.25) is 0 Å². The van der Waals surface area contributed by atoms with Gasteiger partial charge in [0.1, 0.15) is 12.0 Å². The van der Waals surface area contributed by atoms with Crippen LogP contribution in [0.15, 0.2) is 253 Å². The molecule has 1 aliphatic heterocycles. The van der Waals surface area contributed by atoms with Crippen molar-refractivity contribution < 1.29 is 0 Å². The maximum Gasteiger partial charge on any atom is 0.159 e. The molecule has 6 heteroatoms. The minimum Gasteiger partial charge on any atom is -0.344 e. The van der Waals surface area contributed by atoms with Crippen LogP contribution < -0.4 is 5.32 Å². The Morgan fingerprint density at radius 3 is 1.51 bits per heavy atom. The SMILES string of the molecule is c1ccc(C2=NC(c3ccccc3-n3c4ccccc4c4c(-c5cccc6c5c5ccc(-n7c8ccccc8c8ccccc87)cc5n6-c5ccccc5)cccc43)NC(c3ccccc3)=N2)cc1. The van der Waals surface area contributed by atoms with E-state index >= 15 is 0 Å². The fourth-order valence-corrected chi connectivity index (χ4v) is 11.0. The van der Waals surface area contributed by atoms with Gasteiger partial charge in [-0.25, -0.2) is 9.98 Å². The van der Waals surface area contributed by atoms with Gasteiger partial charge in [-0.3, -0.25) is 0 Å². The van der Waals surface area contributed by atoms with Crippen molar-refractivity contribution in [3.63, 3.8) is 0 Å². The van der Waals surface area contributed by atoms with E-state index in [0.717, 1.165) is 61.7 Å². The Hall–Kier alpha value is -9.26. The number of aromatic nitrogens is 3. The van der Waals surface area contributed by atoms with Crippen LogP contribution in [0.1, 0.15) is 22.9 Å². The van der Waals surface area contributed by atoms with Crippen molar-refractivity contribution in [2.24, 2.45) is 9.98 Å². The predicted molar refractivity (Wildman–Crippen MR) is 287 cm³/mol. The average molecular weight is 883 g/mol. The van der Waals surface area contributed by atoms with Gasteiger partial charge in [0.15, 0.2) is 5.84 Å². The molecule has 0 bridgehead atoms. The first-order valence-corrected chi connectivity index (χ1v) is 23.5. The summed E-state index contributed by atoms with van der Waals surface area (Å²) in [5.41, 5.74) is 15.7. The molecule has 1 N–H and O–H groups in total. The number of nitrogens with one attached hydrogen (secondary N) is 1. The van der Waals surface area contributed by atoms with E-state index in [2.05, 4.69) is 237 Å². The highest BCUT2D eigenvalue weighted by atomic mass is 15.2. The second kappa shape index (κ2) is 15.7. The van der Waals surface area contributed by atoms with Crippen molar-refractivity contribution >= 4 is 77.1 Å². The van der Waals surface area contributed by atoms with Crippen LogP contribution in [0.4, 0.5) is 0 Å². The molecule has 3 aromatic heterocycles. The number of aliphatic imine (C=N–C) groups is 2. The van der Waals surface area contributed by atoms with E-state index in [1.807, 2.05) is 24.3 Å². The van der Waals surface area contributed by atoms with E-state index in [9.17, 15) is 0 Å². The van der Waals surface area contributed by atoms with Crippen molar-refractivity contribution in [3.8, 4) is 28.2 Å². The molecule has 1 unspecified atom stereocenters. The monoisotopic (exact) mass is 882 g/mol. The fourth-order valence-electron chi connectivity index (χ4n) is 11.0. The van der Waals surface area contributed by atoms with Crippen molar-refractivity contribution in [2.45, 2.75) is 6.17 Å². The number of amidine groups is 2. The van der Waals surface area contributed by atoms with Gasteiger partial charge in [0.2, 0.25) is 0 Å². The van der Waals surface area contributed by atoms with Crippen LogP contribution in [0, 0.1) is 0 Å². The molecule has 1 aliphatic rings. The molecule has 6 nitrogen and oxygen atoms in total. The Morgan fingerprint density at radius 2 is 0.841 bits per heavy atom. The summed E-state index contributed by atoms with van der Waals surface area (Å²) in [6.45, 7) is 0. The molecule has 0 radical (unpaired) electrons. The highest BCUT2D eigenvalue weighted by molar-refractivity contribution is 6.23. The van der Waals surface area contributed by atoms with Crippen molar-refractivity contribution in [2.75, 3.05) is 0 Å². The van der Waals surface area contributed by atoms with Gasteiger partial charge < -0.3 is 19.0 Å². The third kappa shape index (κ3) is 6.12. The average Bonchev–Trinajstić information content (AvgIpc) is 4.07. The summed E-state index contributed by atoms with van der Waals surface area (Å²) in [6, 6.07) is 87.0. The van der Waals surface area contributed by atoms with E-state index in [4.69, 9.17) is 9.98 Å². The molecule has 0 spiro atoms. The van der Waals surface area contributed by atoms with Crippen molar-refractivity contribution in [1.82, 2.24) is 19.0 Å². The summed E-state index contributed by atoms with van der Waals surface area (Å²) in [7, 11) is 0. The van der Waals surface area contributed by atoms with Gasteiger partial charge in [-0.2, -0.15) is 0 Å². The number of benzene rings is 10. The summed E-state index contributed by atoms with van der Waals surface area (Å²) in [6.07, 6.45) is -0.409. The van der Waals surface area contributed by atoms with E-state index in [0.29, 0.717) is 5.84 Å². The Bertz CT molecular complexity index is 4160. The number of fused-ring (bicyclic) bond motifs is 9. The zero-order valence-corrected chi connectivity index (χ0v) is 37.4. The highest BCUT2D eigenvalue weighted by Gasteiger charge is 2.27. The second-order valence-electron chi connectivity index (χ2n) is 17.7. The zero-order valence-electron chi connectivity index (χ0n) is 37.4. The molecular formula is C63H42N6. The number of hydrogen-bond donors (Lipinski definition) is 1. The Kier molecular flexibility index (Phi) is 8.86. The van der Waals surface area contributed by atoms with Gasteiger partial charge in [-0.15, -0.1) is 0 Å². The molecule has 13 aromatic rings. The topological polar surface area (TPSA) is 51.5 Å². The first-order valence-electron chi connectivity index (χ1n) is 23.5. The lowest BCUT2D eigenvalue weighted by Gasteiger charge is -2.26. The van der Waals surface area contributed by atoms with Gasteiger partial charge in [-0.1, -0.05) is 182 Å². The second-order valence-corrected chi connectivity index (χ2v) is 17.7. The van der Waals surface area contributed by atoms with Crippen molar-refractivity contribution in [1.29, 1.82) is 0 Å². The molecule has 324 valence electrons. The number of para-hydroxylation sites is 5. The maximum absolute atomic E-state index is 5.34. The fraction of sp³-hybridized carbons (Fsp3) is 0.0159. The van der Waals surface area contributed by atoms with Gasteiger partial charge in [0.25, 0.3) is 0 Å². The molecule has 0 amide bonds. The summed E-state index contributed by atoms with van der Waals surface area (Å²) < 4.78 is 7.29. The lowest BCUT2D eigenvalue weighted by Crippen LogP contribution is -2.34. The molecular weight excluding hydrogens is 841 g/mol. The third-order valence-electron chi connectivity index (χ3n) is 13.9. The normalized spacial score (nSPS) is 13.9. The highest BCUT2D eigenvalue weighted by Crippen LogP contribution is 2.45. The van der Waals surface area contributed by atoms with E-state index in [1.165, 1.54) is 54.5 Å². The first-order chi connectivity index (χ1) is 34.3. The zero-order chi connectivity index (χ0) is 45.4. The van der Waals surface area contributed by atoms with Crippen LogP contribution >= 0.6 is 0 Å². The maximum atomic E-state index is 5.34. The van der Waals surface area contributed by atoms with Crippen LogP contribution in [0.25, 0.3) is 93.6 Å². The van der Waals surface area contributed by atoms with Gasteiger partial charge in [0.05, 0.1) is 38.8 Å². The summed E-state index contributed by atoms with van der Waals surface area (Å²) in [5.74, 6) is 1.49. The van der Waals surface area contributed by atoms with Gasteiger partial charge in [0, 0.05) is 60.4 Å². The van der Waals surface area contributed by atoms with E-state index in [1.54, 1.807) is 0 Å². The minimum atomic E-state index is -0.409. The molecule has 4 heterocycles. The summed E-state index contributed by atoms with van der Waals surface area (Å²) >= 11 is 0. The molecule has 0 saturated carbocycles. The van der Waals surface area contributed by atoms with Crippen LogP contribution in [0.3, 0.4) is 0 Å². The van der Waals surface area contributed by atoms with Crippen molar-refractivity contribution in [3.05, 3.63) is 259 Å². The lowest BCUT2D eigenvalue weighted by atomic mass is 9.95. The molecule has 0 saturated heterocycles. The smallest absolute Gasteiger partial charge is 0.159 e. The summed E-state index contributed by atoms with van der Waals surface area (Å²) in [5, 5.41) is 11.1. The van der Waals surface area contributed by atoms with E-state index in [-0.39, 0.29) is 0 Å². The molecule has 0 fully saturated rings. The minimum absolute atomic E-state index is 0.409. The lowest BCUT2D eigenvalue weighted by molar-refractivity contribution is 0.670. The molecule has 10 aromatic carbocycles. The first kappa shape index (κ1) is 39.0. The molecule has 1 atom stereocenters. The predicted octanol–water partition coefficient (Wildman–Crippen LogP) is 15.1. The molecule has 14 rings (SSSR count). The van der Waals surface area contributed by atoms with Crippen LogP contribution in [0.5, 0.6) is 0 Å². The van der Waals surface area contributed by atoms with Gasteiger partial charge >= 0.3 is 0 Å². The number of rotatable bonds is 7. The van der Waals surface area contributed by atoms with Crippen LogP contribution in [-0.4, -0.2) is 25.4 Å². The Balaban J connectivity index is 0.990. The largest absolute Gasteiger partial charge is 0.344 e. The quantitative estimate of drug-likeness (QED) is 0.170. The standard InChI is InChI=1S/C63H42N6/c1-4-20-41(21-5-1)61-64-62(42-22-6-2-7-23-42)66-63(65-61)51-29-13-17-35-55(51)69-54-34-16-12-28-49(54)59-47(31-19-37-57(59)69)48-30-18-36-56-60(48)50-39-38-44(40-58(50)67(56)43-24-8-3-9-25-43)68-52-32-14-10-26-45(52)46-27-11-15-33-53(46)68/h1-40,63H,(H,64,65,66). The Morgan fingerprint density at radius 1 is 0.348 bits per heavy atom.